The number of ketones is 1. The number of fused-ring (bicyclic) bond motifs is 1. The molecule has 3 aromatic rings. The van der Waals surface area contributed by atoms with Gasteiger partial charge in [-0.15, -0.1) is 0 Å². The van der Waals surface area contributed by atoms with E-state index in [2.05, 4.69) is 0 Å². The first kappa shape index (κ1) is 19.8. The highest BCUT2D eigenvalue weighted by Crippen LogP contribution is 2.31. The first-order valence-corrected chi connectivity index (χ1v) is 9.00. The van der Waals surface area contributed by atoms with E-state index < -0.39 is 10.7 Å². The van der Waals surface area contributed by atoms with Crippen LogP contribution in [0.4, 0.5) is 5.69 Å². The number of ether oxygens (including phenoxy) is 1. The molecule has 3 aromatic carbocycles. The Morgan fingerprint density at radius 2 is 1.90 bits per heavy atom. The fourth-order valence-corrected chi connectivity index (χ4v) is 2.99. The number of Topliss-reactive ketones (excluding diaryl/α,β-unsaturated/α-hetero) is 1. The Hall–Kier alpha value is -3.98. The molecule has 6 nitrogen and oxygen atoms in total. The maximum absolute atomic E-state index is 12.9. The van der Waals surface area contributed by atoms with Crippen molar-refractivity contribution < 1.29 is 14.5 Å². The fourth-order valence-electron chi connectivity index (χ4n) is 2.99. The van der Waals surface area contributed by atoms with Crippen molar-refractivity contribution in [3.05, 3.63) is 87.5 Å². The van der Waals surface area contributed by atoms with E-state index in [0.29, 0.717) is 11.3 Å². The van der Waals surface area contributed by atoms with E-state index in [9.17, 15) is 20.2 Å². The third-order valence-corrected chi connectivity index (χ3v) is 4.27. The summed E-state index contributed by atoms with van der Waals surface area (Å²) in [6.07, 6.45) is 1.39. The summed E-state index contributed by atoms with van der Waals surface area (Å²) in [5, 5.41) is 22.4. The third kappa shape index (κ3) is 4.30. The van der Waals surface area contributed by atoms with Crippen LogP contribution in [0.1, 0.15) is 29.8 Å². The fraction of sp³-hybridized carbons (Fsp3) is 0.130. The van der Waals surface area contributed by atoms with E-state index in [4.69, 9.17) is 4.74 Å². The Morgan fingerprint density at radius 3 is 2.59 bits per heavy atom. The Balaban J connectivity index is 2.15. The molecule has 0 saturated heterocycles. The van der Waals surface area contributed by atoms with Gasteiger partial charge in [0.1, 0.15) is 17.4 Å². The molecule has 0 unspecified atom stereocenters. The molecule has 0 amide bonds. The van der Waals surface area contributed by atoms with Gasteiger partial charge >= 0.3 is 0 Å². The van der Waals surface area contributed by atoms with Crippen molar-refractivity contribution in [2.45, 2.75) is 20.0 Å². The number of hydrogen-bond donors (Lipinski definition) is 0. The normalized spacial score (nSPS) is 11.3. The monoisotopic (exact) mass is 386 g/mol. The van der Waals surface area contributed by atoms with Gasteiger partial charge in [-0.1, -0.05) is 42.5 Å². The zero-order valence-electron chi connectivity index (χ0n) is 16.0. The van der Waals surface area contributed by atoms with Crippen molar-refractivity contribution in [1.29, 1.82) is 5.26 Å². The van der Waals surface area contributed by atoms with Crippen LogP contribution < -0.4 is 4.74 Å². The first-order chi connectivity index (χ1) is 13.9. The van der Waals surface area contributed by atoms with Crippen LogP contribution in [-0.4, -0.2) is 16.8 Å². The van der Waals surface area contributed by atoms with Gasteiger partial charge in [0.2, 0.25) is 5.78 Å². The molecule has 29 heavy (non-hydrogen) atoms. The van der Waals surface area contributed by atoms with Gasteiger partial charge in [-0.3, -0.25) is 14.9 Å². The third-order valence-electron chi connectivity index (χ3n) is 4.27. The summed E-state index contributed by atoms with van der Waals surface area (Å²) in [6.45, 7) is 3.78. The lowest BCUT2D eigenvalue weighted by molar-refractivity contribution is -0.384. The molecule has 0 spiro atoms. The minimum Gasteiger partial charge on any atom is -0.490 e. The van der Waals surface area contributed by atoms with E-state index in [1.807, 2.05) is 50.2 Å². The maximum atomic E-state index is 12.9. The number of nitro benzene ring substituents is 1. The molecule has 0 aromatic heterocycles. The van der Waals surface area contributed by atoms with Gasteiger partial charge in [-0.2, -0.15) is 5.26 Å². The molecular weight excluding hydrogens is 368 g/mol. The Morgan fingerprint density at radius 1 is 1.14 bits per heavy atom. The predicted molar refractivity (Wildman–Crippen MR) is 111 cm³/mol. The highest BCUT2D eigenvalue weighted by Gasteiger charge is 2.18. The SMILES string of the molecule is CC(C)Oc1ccc2ccccc2c1/C=C(\C#N)C(=O)c1cccc([N+](=O)[O-])c1. The Bertz CT molecular complexity index is 1170. The number of nitro groups is 1. The highest BCUT2D eigenvalue weighted by atomic mass is 16.6. The largest absolute Gasteiger partial charge is 0.490 e. The van der Waals surface area contributed by atoms with Crippen molar-refractivity contribution in [2.24, 2.45) is 0 Å². The topological polar surface area (TPSA) is 93.2 Å². The standard InChI is InChI=1S/C23H18N2O4/c1-15(2)29-22-11-10-16-6-3-4-9-20(16)21(22)13-18(14-24)23(26)17-7-5-8-19(12-17)25(27)28/h3-13,15H,1-2H3/b18-13+. The van der Waals surface area contributed by atoms with Crippen LogP contribution in [-0.2, 0) is 0 Å². The van der Waals surface area contributed by atoms with E-state index >= 15 is 0 Å². The minimum atomic E-state index is -0.584. The number of rotatable bonds is 6. The smallest absolute Gasteiger partial charge is 0.270 e. The van der Waals surface area contributed by atoms with Gasteiger partial charge in [0.15, 0.2) is 0 Å². The van der Waals surface area contributed by atoms with E-state index in [1.165, 1.54) is 30.3 Å². The molecule has 0 heterocycles. The van der Waals surface area contributed by atoms with E-state index in [0.717, 1.165) is 10.8 Å². The quantitative estimate of drug-likeness (QED) is 0.188. The molecule has 0 aliphatic rings. The number of nitriles is 1. The molecular formula is C23H18N2O4. The van der Waals surface area contributed by atoms with Crippen molar-refractivity contribution >= 4 is 28.3 Å². The molecule has 0 radical (unpaired) electrons. The number of nitrogens with zero attached hydrogens (tertiary/aromatic N) is 2. The van der Waals surface area contributed by atoms with Crippen LogP contribution in [0, 0.1) is 21.4 Å². The second-order valence-corrected chi connectivity index (χ2v) is 6.67. The van der Waals surface area contributed by atoms with Crippen LogP contribution in [0.3, 0.4) is 0 Å². The van der Waals surface area contributed by atoms with Gasteiger partial charge in [0.25, 0.3) is 5.69 Å². The minimum absolute atomic E-state index is 0.0820. The van der Waals surface area contributed by atoms with E-state index in [-0.39, 0.29) is 22.9 Å². The van der Waals surface area contributed by atoms with Crippen molar-refractivity contribution in [2.75, 3.05) is 0 Å². The van der Waals surface area contributed by atoms with Crippen LogP contribution in [0.2, 0.25) is 0 Å². The van der Waals surface area contributed by atoms with Crippen LogP contribution in [0.5, 0.6) is 5.75 Å². The maximum Gasteiger partial charge on any atom is 0.270 e. The number of non-ortho nitro benzene ring substituents is 1. The van der Waals surface area contributed by atoms with Gasteiger partial charge in [-0.05, 0) is 36.8 Å². The summed E-state index contributed by atoms with van der Waals surface area (Å²) < 4.78 is 5.88. The summed E-state index contributed by atoms with van der Waals surface area (Å²) in [4.78, 5) is 23.3. The van der Waals surface area contributed by atoms with Crippen LogP contribution >= 0.6 is 0 Å². The average Bonchev–Trinajstić information content (AvgIpc) is 2.72. The van der Waals surface area contributed by atoms with Crippen molar-refractivity contribution in [3.63, 3.8) is 0 Å². The van der Waals surface area contributed by atoms with Gasteiger partial charge in [0.05, 0.1) is 11.0 Å². The number of carbonyl (C=O) groups is 1. The number of benzene rings is 3. The zero-order valence-corrected chi connectivity index (χ0v) is 16.0. The summed E-state index contributed by atoms with van der Waals surface area (Å²) in [7, 11) is 0. The molecule has 0 atom stereocenters. The van der Waals surface area contributed by atoms with Gasteiger partial charge in [0, 0.05) is 23.3 Å². The number of allylic oxidation sites excluding steroid dienone is 1. The number of hydrogen-bond acceptors (Lipinski definition) is 5. The average molecular weight is 386 g/mol. The lowest BCUT2D eigenvalue weighted by Gasteiger charge is -2.15. The lowest BCUT2D eigenvalue weighted by Crippen LogP contribution is -2.07. The Labute approximate surface area is 167 Å². The molecule has 0 saturated carbocycles. The molecule has 144 valence electrons. The van der Waals surface area contributed by atoms with Crippen molar-refractivity contribution in [3.8, 4) is 11.8 Å². The second kappa shape index (κ2) is 8.36. The second-order valence-electron chi connectivity index (χ2n) is 6.67. The van der Waals surface area contributed by atoms with E-state index in [1.54, 1.807) is 6.07 Å². The summed E-state index contributed by atoms with van der Waals surface area (Å²) in [5.41, 5.74) is 0.364. The molecule has 0 fully saturated rings. The summed E-state index contributed by atoms with van der Waals surface area (Å²) in [6, 6.07) is 18.6. The Kier molecular flexibility index (Phi) is 5.70. The van der Waals surface area contributed by atoms with Crippen molar-refractivity contribution in [1.82, 2.24) is 0 Å². The highest BCUT2D eigenvalue weighted by molar-refractivity contribution is 6.15. The molecule has 0 bridgehead atoms. The number of carbonyl (C=O) groups excluding carboxylic acids is 1. The molecule has 3 rings (SSSR count). The van der Waals surface area contributed by atoms with Gasteiger partial charge < -0.3 is 4.74 Å². The predicted octanol–water partition coefficient (Wildman–Crippen LogP) is 5.33. The zero-order chi connectivity index (χ0) is 21.0. The van der Waals surface area contributed by atoms with Crippen LogP contribution in [0.15, 0.2) is 66.2 Å². The van der Waals surface area contributed by atoms with Crippen LogP contribution in [0.25, 0.3) is 16.8 Å². The lowest BCUT2D eigenvalue weighted by atomic mass is 9.97. The molecule has 0 N–H and O–H groups in total. The summed E-state index contributed by atoms with van der Waals surface area (Å²) >= 11 is 0. The van der Waals surface area contributed by atoms with Gasteiger partial charge in [-0.25, -0.2) is 0 Å². The summed E-state index contributed by atoms with van der Waals surface area (Å²) in [5.74, 6) is -0.0297. The first-order valence-electron chi connectivity index (χ1n) is 9.00. The molecule has 0 aliphatic heterocycles. The molecule has 6 heteroatoms. The molecule has 0 aliphatic carbocycles.